The first-order valence-electron chi connectivity index (χ1n) is 35.6. The Morgan fingerprint density at radius 2 is 0.945 bits per heavy atom. The van der Waals surface area contributed by atoms with Crippen LogP contribution >= 0.6 is 56.9 Å². The zero-order chi connectivity index (χ0) is 76.5. The lowest BCUT2D eigenvalue weighted by atomic mass is 10.1. The van der Waals surface area contributed by atoms with Gasteiger partial charge in [0.15, 0.2) is 64.0 Å². The molecule has 4 saturated carbocycles. The van der Waals surface area contributed by atoms with Crippen LogP contribution in [0.15, 0.2) is 106 Å². The van der Waals surface area contributed by atoms with E-state index >= 15 is 0 Å². The van der Waals surface area contributed by atoms with Gasteiger partial charge >= 0.3 is 0 Å². The number of aromatic nitrogens is 16. The van der Waals surface area contributed by atoms with Crippen molar-refractivity contribution in [3.8, 4) is 42.8 Å². The van der Waals surface area contributed by atoms with Crippen molar-refractivity contribution in [3.05, 3.63) is 152 Å². The highest BCUT2D eigenvalue weighted by atomic mass is 35.5. The molecule has 5 aliphatic rings. The second-order valence-corrected chi connectivity index (χ2v) is 37.0. The van der Waals surface area contributed by atoms with Crippen molar-refractivity contribution in [2.75, 3.05) is 34.5 Å². The van der Waals surface area contributed by atoms with Crippen molar-refractivity contribution in [1.29, 1.82) is 0 Å². The normalized spacial score (nSPS) is 15.9. The molecule has 109 heavy (non-hydrogen) atoms. The van der Waals surface area contributed by atoms with Gasteiger partial charge in [0, 0.05) is 147 Å². The average Bonchev–Trinajstić information content (AvgIpc) is 1.68. The Hall–Kier alpha value is -8.92. The van der Waals surface area contributed by atoms with Crippen molar-refractivity contribution in [3.63, 3.8) is 0 Å². The Bertz CT molecular complexity index is 5330. The molecule has 12 aromatic heterocycles. The first-order valence-corrected chi connectivity index (χ1v) is 42.2. The summed E-state index contributed by atoms with van der Waals surface area (Å²) in [5.74, 6) is 8.33. The number of hydrogen-bond donors (Lipinski definition) is 11. The number of aliphatic hydroxyl groups is 2. The third kappa shape index (κ3) is 19.8. The lowest BCUT2D eigenvalue weighted by Gasteiger charge is -2.22. The van der Waals surface area contributed by atoms with E-state index in [1.165, 1.54) is 78.8 Å². The van der Waals surface area contributed by atoms with Crippen molar-refractivity contribution in [1.82, 2.24) is 89.7 Å². The van der Waals surface area contributed by atoms with Gasteiger partial charge in [-0.25, -0.2) is 70.5 Å². The number of aromatic amines is 3. The monoisotopic (exact) mass is 1630 g/mol. The summed E-state index contributed by atoms with van der Waals surface area (Å²) >= 11 is 11.4. The fourth-order valence-electron chi connectivity index (χ4n) is 11.4. The summed E-state index contributed by atoms with van der Waals surface area (Å²) < 4.78 is 77.8. The Morgan fingerprint density at radius 1 is 0.541 bits per heavy atom. The van der Waals surface area contributed by atoms with E-state index in [1.54, 1.807) is 50.5 Å². The van der Waals surface area contributed by atoms with Crippen LogP contribution in [0.4, 0.5) is 50.9 Å². The predicted molar refractivity (Wildman–Crippen MR) is 438 cm³/mol. The highest BCUT2D eigenvalue weighted by Crippen LogP contribution is 2.44. The average molecular weight is 1630 g/mol. The number of anilines is 8. The van der Waals surface area contributed by atoms with Gasteiger partial charge in [0.2, 0.25) is 10.0 Å². The van der Waals surface area contributed by atoms with Crippen molar-refractivity contribution in [2.45, 2.75) is 169 Å². The lowest BCUT2D eigenvalue weighted by Crippen LogP contribution is -2.40. The number of aliphatic hydroxyl groups excluding tert-OH is 2. The first-order chi connectivity index (χ1) is 52.2. The van der Waals surface area contributed by atoms with E-state index in [0.29, 0.717) is 111 Å². The smallest absolute Gasteiger partial charge is 0.250 e. The molecule has 13 heterocycles. The SMILES string of the molecule is C[C@H](O)c1ccc(-c2ncc(F)c(Nc3cc(C4CC4)[nH]n3)n2)s1.Cc1cnc(-c2ccc(S(=O)(=O)NC(C)(C)C)s2)nc1Nc1cc(C2CC2)n(C)n1.Cc1cnc(-c2ccc([C@H](C)O)s2)nc1Nc1cc(C2CC2)[nH]n1.O=S(=O)(NC1CCOCC1)c1ccc(-c2ncc(Cl)c(Nc3cc(C4CC4)[nH]n3)n2)s1.[HH].[HH].[HH].[HH].[HH].[HH].[HH].[HH]. The maximum absolute atomic E-state index is 14.0. The number of rotatable bonds is 23. The molecule has 0 aromatic carbocycles. The fourth-order valence-corrected chi connectivity index (χ4v) is 18.6. The predicted octanol–water partition coefficient (Wildman–Crippen LogP) is 17.2. The van der Waals surface area contributed by atoms with Crippen molar-refractivity contribution >= 4 is 124 Å². The number of aryl methyl sites for hydroxylation is 3. The molecule has 0 bridgehead atoms. The van der Waals surface area contributed by atoms with Crippen LogP contribution in [0.25, 0.3) is 42.8 Å². The van der Waals surface area contributed by atoms with Crippen LogP contribution in [0, 0.1) is 19.7 Å². The maximum Gasteiger partial charge on any atom is 0.250 e. The van der Waals surface area contributed by atoms with Gasteiger partial charge in [0.25, 0.3) is 10.0 Å². The Kier molecular flexibility index (Phi) is 23.0. The summed E-state index contributed by atoms with van der Waals surface area (Å²) in [6, 6.07) is 21.9. The maximum atomic E-state index is 14.0. The summed E-state index contributed by atoms with van der Waals surface area (Å²) in [5, 5.41) is 58.6. The van der Waals surface area contributed by atoms with Gasteiger partial charge in [0.05, 0.1) is 44.1 Å². The number of thiophene rings is 4. The molecule has 1 aliphatic heterocycles. The van der Waals surface area contributed by atoms with E-state index in [9.17, 15) is 31.4 Å². The van der Waals surface area contributed by atoms with Crippen LogP contribution in [0.5, 0.6) is 0 Å². The van der Waals surface area contributed by atoms with Crippen LogP contribution < -0.4 is 30.7 Å². The standard InChI is InChI=1S/C20H26N6O2S2.C19H21ClN6O3S2.C17H19N5OS.C16H16FN5OS.8H2/c1-12-11-21-19(15-8-9-17(29-15)30(27,28)25-20(2,3)4)23-18(12)22-16-10-14(13-6-7-13)26(5)24-16;20-13-10-21-19(23-18(13)22-16-9-14(24-25-16)11-1-2-11)15-3-4-17(30-15)31(27,28)26-12-5-7-29-8-6-12;1-9-8-18-17(14-6-5-13(24-14)10(2)23)20-16(9)19-15-7-12(21-22-15)11-3-4-11;1-8(23)12-4-5-13(24-12)16-18-7-10(17)15(20-16)19-14-6-11(21-22-14)9-2-3-9;;;;;;;;/h8-11,13,25H,6-7H2,1-5H3,(H,21,22,23,24);3-4,9-12,26H,1-2,5-8H2,(H2,21,22,23,24,25);5-8,10-11,23H,3-4H2,1-2H3,(H2,18,19,20,21,22);4-9,23H,2-3H2,1H3,(H2,18,19,20,21,22);8*1H/t;;10-;8-;;;;;;;;/m..00......../s1. The molecule has 0 radical (unpaired) electrons. The molecule has 17 rings (SSSR count). The molecule has 1 saturated heterocycles. The van der Waals surface area contributed by atoms with Gasteiger partial charge in [-0.1, -0.05) is 11.6 Å². The number of nitrogens with one attached hydrogen (secondary N) is 9. The van der Waals surface area contributed by atoms with E-state index in [2.05, 4.69) is 118 Å². The second-order valence-electron chi connectivity index (χ2n) is 28.4. The highest BCUT2D eigenvalue weighted by Gasteiger charge is 2.32. The minimum atomic E-state index is -3.61. The van der Waals surface area contributed by atoms with Gasteiger partial charge in [-0.15, -0.1) is 45.3 Å². The Labute approximate surface area is 661 Å². The quantitative estimate of drug-likeness (QED) is 0.0283. The fraction of sp³-hybridized carbons (Fsp3) is 0.389. The van der Waals surface area contributed by atoms with Gasteiger partial charge in [-0.2, -0.15) is 20.4 Å². The summed E-state index contributed by atoms with van der Waals surface area (Å²) in [7, 11) is -5.25. The summed E-state index contributed by atoms with van der Waals surface area (Å²) in [4.78, 5) is 39.9. The van der Waals surface area contributed by atoms with E-state index < -0.39 is 43.6 Å². The molecule has 11 N–H and O–H groups in total. The van der Waals surface area contributed by atoms with Gasteiger partial charge < -0.3 is 36.2 Å². The molecule has 0 spiro atoms. The van der Waals surface area contributed by atoms with Crippen LogP contribution in [0.3, 0.4) is 0 Å². The molecule has 29 nitrogen and oxygen atoms in total. The van der Waals surface area contributed by atoms with Crippen LogP contribution in [-0.2, 0) is 31.8 Å². The number of hydrogen-bond acceptors (Lipinski definition) is 27. The minimum absolute atomic E-state index is 0. The van der Waals surface area contributed by atoms with E-state index in [4.69, 9.17) is 16.3 Å². The number of halogens is 2. The molecule has 0 unspecified atom stereocenters. The van der Waals surface area contributed by atoms with E-state index in [1.807, 2.05) is 82.7 Å². The summed E-state index contributed by atoms with van der Waals surface area (Å²) in [6.07, 6.45) is 16.1. The molecule has 0 amide bonds. The third-order valence-electron chi connectivity index (χ3n) is 17.8. The zero-order valence-electron chi connectivity index (χ0n) is 60.7. The molecule has 2 atom stereocenters. The Morgan fingerprint density at radius 3 is 1.40 bits per heavy atom. The number of sulfonamides is 2. The molecule has 588 valence electrons. The van der Waals surface area contributed by atoms with Crippen LogP contribution in [0.2, 0.25) is 5.02 Å². The summed E-state index contributed by atoms with van der Waals surface area (Å²) in [6.45, 7) is 13.9. The van der Waals surface area contributed by atoms with E-state index in [0.717, 1.165) is 101 Å². The molecular weight excluding hydrogens is 1530 g/mol. The topological polar surface area (TPSA) is 397 Å². The zero-order valence-corrected chi connectivity index (χ0v) is 66.4. The molecular formula is C72H98ClFN22O7S6. The van der Waals surface area contributed by atoms with Gasteiger partial charge in [0.1, 0.15) is 25.1 Å². The lowest BCUT2D eigenvalue weighted by molar-refractivity contribution is 0.0832. The van der Waals surface area contributed by atoms with Gasteiger partial charge in [-0.05, 0) is 161 Å². The van der Waals surface area contributed by atoms with E-state index in [-0.39, 0.29) is 31.7 Å². The van der Waals surface area contributed by atoms with Crippen molar-refractivity contribution < 1.29 is 47.6 Å². The number of ether oxygens (including phenoxy) is 1. The molecule has 12 aromatic rings. The largest absolute Gasteiger partial charge is 0.388 e. The molecule has 4 aliphatic carbocycles. The van der Waals surface area contributed by atoms with Gasteiger partial charge in [-0.3, -0.25) is 20.0 Å². The molecule has 5 fully saturated rings. The Balaban J connectivity index is 0.000000238. The third-order valence-corrected chi connectivity index (χ3v) is 27.0. The van der Waals surface area contributed by atoms with Crippen LogP contribution in [-0.4, -0.2) is 132 Å². The highest BCUT2D eigenvalue weighted by molar-refractivity contribution is 7.92. The second kappa shape index (κ2) is 32.6. The van der Waals surface area contributed by atoms with Crippen molar-refractivity contribution in [2.24, 2.45) is 7.05 Å². The summed E-state index contributed by atoms with van der Waals surface area (Å²) in [5.41, 5.74) is 5.86. The number of nitrogens with zero attached hydrogens (tertiary/aromatic N) is 13. The number of H-pyrrole nitrogens is 3. The first kappa shape index (κ1) is 76.8. The van der Waals surface area contributed by atoms with Crippen LogP contribution in [0.1, 0.15) is 190 Å². The molecule has 37 heteroatoms. The minimum Gasteiger partial charge on any atom is -0.388 e.